The number of amides is 1. The maximum atomic E-state index is 13.6. The Balaban J connectivity index is 1.85. The molecule has 5 nitrogen and oxygen atoms in total. The number of ether oxygens (including phenoxy) is 1. The number of aromatic nitrogens is 2. The zero-order valence-corrected chi connectivity index (χ0v) is 12.4. The molecule has 1 atom stereocenters. The second-order valence-electron chi connectivity index (χ2n) is 5.54. The number of carbonyl (C=O) groups is 1. The van der Waals surface area contributed by atoms with E-state index in [4.69, 9.17) is 17.0 Å². The number of aromatic amines is 2. The quantitative estimate of drug-likeness (QED) is 0.763. The van der Waals surface area contributed by atoms with Crippen molar-refractivity contribution < 1.29 is 13.9 Å². The van der Waals surface area contributed by atoms with E-state index in [1.165, 1.54) is 12.1 Å². The third kappa shape index (κ3) is 2.84. The van der Waals surface area contributed by atoms with E-state index in [2.05, 4.69) is 15.3 Å². The Morgan fingerprint density at radius 1 is 1.52 bits per heavy atom. The Morgan fingerprint density at radius 2 is 2.33 bits per heavy atom. The molecule has 0 unspecified atom stereocenters. The van der Waals surface area contributed by atoms with Gasteiger partial charge in [-0.2, -0.15) is 0 Å². The number of hydrogen-bond donors (Lipinski definition) is 3. The molecule has 21 heavy (non-hydrogen) atoms. The fraction of sp³-hybridized carbons (Fsp3) is 0.429. The molecule has 7 heteroatoms. The van der Waals surface area contributed by atoms with Crippen molar-refractivity contribution in [2.45, 2.75) is 25.4 Å². The van der Waals surface area contributed by atoms with E-state index in [1.807, 2.05) is 6.92 Å². The summed E-state index contributed by atoms with van der Waals surface area (Å²) >= 11 is 4.99. The van der Waals surface area contributed by atoms with Crippen LogP contribution in [-0.4, -0.2) is 34.6 Å². The third-order valence-electron chi connectivity index (χ3n) is 3.76. The average Bonchev–Trinajstić information content (AvgIpc) is 3.01. The summed E-state index contributed by atoms with van der Waals surface area (Å²) in [5.74, 6) is -0.831. The van der Waals surface area contributed by atoms with Gasteiger partial charge in [0.2, 0.25) is 0 Å². The van der Waals surface area contributed by atoms with Gasteiger partial charge in [-0.25, -0.2) is 4.39 Å². The highest BCUT2D eigenvalue weighted by molar-refractivity contribution is 7.71. The fourth-order valence-electron chi connectivity index (χ4n) is 2.63. The number of H-pyrrole nitrogens is 2. The highest BCUT2D eigenvalue weighted by Crippen LogP contribution is 2.24. The van der Waals surface area contributed by atoms with Crippen LogP contribution in [0.2, 0.25) is 0 Å². The molecule has 3 rings (SSSR count). The van der Waals surface area contributed by atoms with Crippen LogP contribution in [0.4, 0.5) is 4.39 Å². The number of halogens is 1. The van der Waals surface area contributed by atoms with E-state index in [9.17, 15) is 9.18 Å². The largest absolute Gasteiger partial charge is 0.373 e. The smallest absolute Gasteiger partial charge is 0.253 e. The van der Waals surface area contributed by atoms with E-state index in [1.54, 1.807) is 0 Å². The summed E-state index contributed by atoms with van der Waals surface area (Å²) in [6, 6.07) is 2.51. The maximum Gasteiger partial charge on any atom is 0.253 e. The van der Waals surface area contributed by atoms with Crippen LogP contribution in [0.15, 0.2) is 12.1 Å². The Labute approximate surface area is 125 Å². The summed E-state index contributed by atoms with van der Waals surface area (Å²) in [7, 11) is 0. The van der Waals surface area contributed by atoms with Crippen molar-refractivity contribution in [2.75, 3.05) is 13.2 Å². The van der Waals surface area contributed by atoms with Gasteiger partial charge in [0.05, 0.1) is 22.2 Å². The minimum Gasteiger partial charge on any atom is -0.373 e. The minimum atomic E-state index is -0.485. The van der Waals surface area contributed by atoms with Crippen LogP contribution in [0.25, 0.3) is 11.0 Å². The fourth-order valence-corrected chi connectivity index (χ4v) is 2.84. The van der Waals surface area contributed by atoms with Crippen LogP contribution < -0.4 is 5.32 Å². The molecule has 1 aromatic heterocycles. The van der Waals surface area contributed by atoms with Crippen molar-refractivity contribution in [3.8, 4) is 0 Å². The van der Waals surface area contributed by atoms with E-state index in [-0.39, 0.29) is 17.1 Å². The number of imidazole rings is 1. The van der Waals surface area contributed by atoms with Gasteiger partial charge < -0.3 is 20.0 Å². The summed E-state index contributed by atoms with van der Waals surface area (Å²) < 4.78 is 19.6. The Hall–Kier alpha value is -1.73. The number of fused-ring (bicyclic) bond motifs is 1. The van der Waals surface area contributed by atoms with Gasteiger partial charge in [0, 0.05) is 13.2 Å². The van der Waals surface area contributed by atoms with Crippen LogP contribution in [0.5, 0.6) is 0 Å². The first-order valence-corrected chi connectivity index (χ1v) is 7.21. The van der Waals surface area contributed by atoms with E-state index < -0.39 is 5.82 Å². The lowest BCUT2D eigenvalue weighted by Gasteiger charge is -2.23. The lowest BCUT2D eigenvalue weighted by atomic mass is 10.0. The Kier molecular flexibility index (Phi) is 3.54. The number of hydrogen-bond acceptors (Lipinski definition) is 3. The molecule has 0 spiro atoms. The second kappa shape index (κ2) is 5.23. The topological polar surface area (TPSA) is 69.9 Å². The Morgan fingerprint density at radius 3 is 3.05 bits per heavy atom. The molecule has 1 amide bonds. The van der Waals surface area contributed by atoms with Crippen molar-refractivity contribution >= 4 is 29.2 Å². The monoisotopic (exact) mass is 309 g/mol. The van der Waals surface area contributed by atoms with Crippen molar-refractivity contribution in [3.05, 3.63) is 28.3 Å². The van der Waals surface area contributed by atoms with Crippen molar-refractivity contribution in [2.24, 2.45) is 0 Å². The average molecular weight is 309 g/mol. The lowest BCUT2D eigenvalue weighted by Crippen LogP contribution is -2.40. The standard InChI is InChI=1S/C14H16FN3O2S/c1-14(3-2-4-20-14)7-16-12(19)9-5-8(15)6-10-11(9)18-13(21)17-10/h5-6H,2-4,7H2,1H3,(H,16,19)(H2,17,18,21)/t14-/m1/s1. The summed E-state index contributed by atoms with van der Waals surface area (Å²) in [4.78, 5) is 18.0. The maximum absolute atomic E-state index is 13.6. The molecule has 1 aliphatic heterocycles. The molecule has 1 aliphatic rings. The lowest BCUT2D eigenvalue weighted by molar-refractivity contribution is 0.0206. The van der Waals surface area contributed by atoms with Crippen LogP contribution in [0, 0.1) is 10.6 Å². The molecule has 1 aromatic carbocycles. The van der Waals surface area contributed by atoms with E-state index in [0.29, 0.717) is 29.0 Å². The molecule has 0 bridgehead atoms. The minimum absolute atomic E-state index is 0.235. The van der Waals surface area contributed by atoms with E-state index >= 15 is 0 Å². The van der Waals surface area contributed by atoms with Gasteiger partial charge in [-0.3, -0.25) is 4.79 Å². The molecule has 0 radical (unpaired) electrons. The third-order valence-corrected chi connectivity index (χ3v) is 3.96. The van der Waals surface area contributed by atoms with Crippen molar-refractivity contribution in [3.63, 3.8) is 0 Å². The summed E-state index contributed by atoms with van der Waals surface area (Å²) in [6.07, 6.45) is 1.89. The first-order valence-electron chi connectivity index (χ1n) is 6.81. The molecule has 2 aromatic rings. The number of nitrogens with one attached hydrogen (secondary N) is 3. The zero-order chi connectivity index (χ0) is 15.0. The number of carbonyl (C=O) groups excluding carboxylic acids is 1. The second-order valence-corrected chi connectivity index (χ2v) is 5.95. The molecule has 2 heterocycles. The van der Waals surface area contributed by atoms with Crippen molar-refractivity contribution in [1.29, 1.82) is 0 Å². The number of benzene rings is 1. The van der Waals surface area contributed by atoms with Crippen LogP contribution in [-0.2, 0) is 4.74 Å². The van der Waals surface area contributed by atoms with Crippen LogP contribution >= 0.6 is 12.2 Å². The van der Waals surface area contributed by atoms with Gasteiger partial charge in [-0.05, 0) is 44.1 Å². The van der Waals surface area contributed by atoms with Gasteiger partial charge in [0.15, 0.2) is 4.77 Å². The first-order chi connectivity index (χ1) is 9.97. The Bertz CT molecular complexity index is 746. The molecular weight excluding hydrogens is 293 g/mol. The normalized spacial score (nSPS) is 21.8. The molecule has 112 valence electrons. The summed E-state index contributed by atoms with van der Waals surface area (Å²) in [6.45, 7) is 3.07. The highest BCUT2D eigenvalue weighted by atomic mass is 32.1. The number of rotatable bonds is 3. The van der Waals surface area contributed by atoms with Gasteiger partial charge in [0.1, 0.15) is 5.82 Å². The highest BCUT2D eigenvalue weighted by Gasteiger charge is 2.30. The summed E-state index contributed by atoms with van der Waals surface area (Å²) in [5.41, 5.74) is 0.886. The van der Waals surface area contributed by atoms with Crippen LogP contribution in [0.3, 0.4) is 0 Å². The molecule has 3 N–H and O–H groups in total. The first kappa shape index (κ1) is 14.2. The predicted octanol–water partition coefficient (Wildman–Crippen LogP) is 2.66. The predicted molar refractivity (Wildman–Crippen MR) is 79.4 cm³/mol. The van der Waals surface area contributed by atoms with Gasteiger partial charge in [-0.1, -0.05) is 0 Å². The van der Waals surface area contributed by atoms with Crippen molar-refractivity contribution in [1.82, 2.24) is 15.3 Å². The van der Waals surface area contributed by atoms with Gasteiger partial charge in [0.25, 0.3) is 5.91 Å². The summed E-state index contributed by atoms with van der Waals surface area (Å²) in [5, 5.41) is 2.81. The SMILES string of the molecule is C[C@]1(CNC(=O)c2cc(F)cc3[nH]c(=S)[nH]c23)CCCO1. The van der Waals surface area contributed by atoms with Gasteiger partial charge >= 0.3 is 0 Å². The molecular formula is C14H16FN3O2S. The van der Waals surface area contributed by atoms with E-state index in [0.717, 1.165) is 12.8 Å². The molecule has 1 fully saturated rings. The molecule has 0 aliphatic carbocycles. The van der Waals surface area contributed by atoms with Crippen LogP contribution in [0.1, 0.15) is 30.1 Å². The molecule has 0 saturated carbocycles. The zero-order valence-electron chi connectivity index (χ0n) is 11.6. The molecule has 1 saturated heterocycles. The van der Waals surface area contributed by atoms with Gasteiger partial charge in [-0.15, -0.1) is 0 Å².